The summed E-state index contributed by atoms with van der Waals surface area (Å²) in [5, 5.41) is 12.5. The summed E-state index contributed by atoms with van der Waals surface area (Å²) < 4.78 is 12.7. The zero-order valence-corrected chi connectivity index (χ0v) is 22.6. The largest absolute Gasteiger partial charge is 0.486 e. The van der Waals surface area contributed by atoms with Gasteiger partial charge >= 0.3 is 5.97 Å². The van der Waals surface area contributed by atoms with Crippen molar-refractivity contribution in [1.29, 1.82) is 0 Å². The van der Waals surface area contributed by atoms with Crippen LogP contribution in [0.5, 0.6) is 5.75 Å². The highest BCUT2D eigenvalue weighted by Crippen LogP contribution is 2.30. The first-order valence-electron chi connectivity index (χ1n) is 11.4. The number of hydrogen-bond donors (Lipinski definition) is 1. The molecule has 0 radical (unpaired) electrons. The van der Waals surface area contributed by atoms with E-state index in [-0.39, 0.29) is 23.7 Å². The minimum absolute atomic E-state index is 0.0853. The molecule has 1 amide bonds. The summed E-state index contributed by atoms with van der Waals surface area (Å²) in [6.45, 7) is 11.4. The van der Waals surface area contributed by atoms with Crippen LogP contribution < -0.4 is 10.1 Å². The molecule has 2 aromatic heterocycles. The number of nitrogens with one attached hydrogen (secondary N) is 1. The molecule has 0 spiro atoms. The van der Waals surface area contributed by atoms with Gasteiger partial charge in [-0.2, -0.15) is 0 Å². The fourth-order valence-corrected chi connectivity index (χ4v) is 5.13. The summed E-state index contributed by atoms with van der Waals surface area (Å²) in [7, 11) is 1.33. The molecule has 188 valence electrons. The van der Waals surface area contributed by atoms with Gasteiger partial charge in [-0.3, -0.25) is 4.79 Å². The van der Waals surface area contributed by atoms with Gasteiger partial charge in [0.05, 0.1) is 18.4 Å². The number of methoxy groups -OCH3 is 1. The number of ether oxygens (including phenoxy) is 2. The molecule has 0 saturated heterocycles. The van der Waals surface area contributed by atoms with Crippen LogP contribution in [0.15, 0.2) is 35.5 Å². The lowest BCUT2D eigenvalue weighted by atomic mass is 9.87. The van der Waals surface area contributed by atoms with E-state index in [1.807, 2.05) is 30.5 Å². The fraction of sp³-hybridized carbons (Fsp3) is 0.440. The predicted octanol–water partition coefficient (Wildman–Crippen LogP) is 5.32. The van der Waals surface area contributed by atoms with Crippen LogP contribution in [-0.4, -0.2) is 39.5 Å². The summed E-state index contributed by atoms with van der Waals surface area (Å²) in [5.74, 6) is 0.891. The van der Waals surface area contributed by atoms with Crippen molar-refractivity contribution in [2.45, 2.75) is 64.8 Å². The Morgan fingerprint density at radius 1 is 1.14 bits per heavy atom. The Labute approximate surface area is 214 Å². The zero-order chi connectivity index (χ0) is 25.6. The van der Waals surface area contributed by atoms with Gasteiger partial charge in [-0.05, 0) is 42.5 Å². The van der Waals surface area contributed by atoms with Crippen LogP contribution in [0.1, 0.15) is 61.2 Å². The number of carbonyl (C=O) groups excluding carboxylic acids is 2. The molecule has 0 aliphatic rings. The number of hydrogen-bond acceptors (Lipinski definition) is 8. The van der Waals surface area contributed by atoms with Crippen LogP contribution >= 0.6 is 23.1 Å². The normalized spacial score (nSPS) is 11.4. The molecule has 35 heavy (non-hydrogen) atoms. The molecule has 3 aromatic rings. The fourth-order valence-electron chi connectivity index (χ4n) is 3.31. The zero-order valence-electron chi connectivity index (χ0n) is 21.0. The van der Waals surface area contributed by atoms with E-state index >= 15 is 0 Å². The van der Waals surface area contributed by atoms with Gasteiger partial charge in [0.1, 0.15) is 17.4 Å². The standard InChI is InChI=1S/C25H32N4O4S2/c1-7-18-13-19(23(31)32-6)22(35-18)26-21(30)15-34-24-28-27-20(29(24)8-2)14-33-17-11-9-16(10-12-17)25(3,4)5/h9-13H,7-8,14-15H2,1-6H3,(H,26,30). The van der Waals surface area contributed by atoms with E-state index in [0.717, 1.165) is 17.0 Å². The number of nitrogens with zero attached hydrogens (tertiary/aromatic N) is 3. The van der Waals surface area contributed by atoms with Crippen molar-refractivity contribution >= 4 is 40.0 Å². The average Bonchev–Trinajstić information content (AvgIpc) is 3.43. The minimum atomic E-state index is -0.465. The lowest BCUT2D eigenvalue weighted by Gasteiger charge is -2.19. The van der Waals surface area contributed by atoms with Crippen LogP contribution in [0.25, 0.3) is 0 Å². The maximum atomic E-state index is 12.6. The van der Waals surface area contributed by atoms with Crippen LogP contribution in [0.3, 0.4) is 0 Å². The van der Waals surface area contributed by atoms with Crippen molar-refractivity contribution in [3.63, 3.8) is 0 Å². The quantitative estimate of drug-likeness (QED) is 0.288. The van der Waals surface area contributed by atoms with Crippen molar-refractivity contribution in [1.82, 2.24) is 14.8 Å². The van der Waals surface area contributed by atoms with Gasteiger partial charge in [-0.25, -0.2) is 4.79 Å². The highest BCUT2D eigenvalue weighted by atomic mass is 32.2. The van der Waals surface area contributed by atoms with Gasteiger partial charge in [0.15, 0.2) is 11.0 Å². The van der Waals surface area contributed by atoms with Crippen molar-refractivity contribution < 1.29 is 19.1 Å². The van der Waals surface area contributed by atoms with E-state index in [1.165, 1.54) is 35.8 Å². The smallest absolute Gasteiger partial charge is 0.340 e. The van der Waals surface area contributed by atoms with Gasteiger partial charge in [-0.1, -0.05) is 51.6 Å². The molecule has 0 saturated carbocycles. The van der Waals surface area contributed by atoms with Gasteiger partial charge in [0.2, 0.25) is 5.91 Å². The minimum Gasteiger partial charge on any atom is -0.486 e. The topological polar surface area (TPSA) is 95.3 Å². The highest BCUT2D eigenvalue weighted by Gasteiger charge is 2.19. The summed E-state index contributed by atoms with van der Waals surface area (Å²) in [6, 6.07) is 9.83. The molecule has 3 rings (SSSR count). The van der Waals surface area contributed by atoms with Crippen molar-refractivity contribution in [3.8, 4) is 5.75 Å². The number of thiophene rings is 1. The number of rotatable bonds is 10. The number of thioether (sulfide) groups is 1. The lowest BCUT2D eigenvalue weighted by Crippen LogP contribution is -2.16. The molecule has 0 atom stereocenters. The monoisotopic (exact) mass is 516 g/mol. The average molecular weight is 517 g/mol. The lowest BCUT2D eigenvalue weighted by molar-refractivity contribution is -0.113. The number of aromatic nitrogens is 3. The maximum absolute atomic E-state index is 12.6. The molecule has 0 aliphatic heterocycles. The first kappa shape index (κ1) is 26.7. The summed E-state index contributed by atoms with van der Waals surface area (Å²) in [5.41, 5.74) is 1.70. The Hall–Kier alpha value is -2.85. The van der Waals surface area contributed by atoms with Crippen molar-refractivity contribution in [3.05, 3.63) is 52.2 Å². The predicted molar refractivity (Wildman–Crippen MR) is 140 cm³/mol. The van der Waals surface area contributed by atoms with E-state index < -0.39 is 5.97 Å². The summed E-state index contributed by atoms with van der Waals surface area (Å²) in [4.78, 5) is 25.6. The number of benzene rings is 1. The maximum Gasteiger partial charge on any atom is 0.340 e. The Balaban J connectivity index is 1.60. The summed E-state index contributed by atoms with van der Waals surface area (Å²) in [6.07, 6.45) is 0.768. The van der Waals surface area contributed by atoms with Crippen LogP contribution in [0.4, 0.5) is 5.00 Å². The molecule has 1 aromatic carbocycles. The van der Waals surface area contributed by atoms with Crippen molar-refractivity contribution in [2.75, 3.05) is 18.2 Å². The molecule has 1 N–H and O–H groups in total. The molecule has 0 aliphatic carbocycles. The van der Waals surface area contributed by atoms with E-state index in [1.54, 1.807) is 6.07 Å². The molecule has 0 unspecified atom stereocenters. The first-order valence-corrected chi connectivity index (χ1v) is 13.3. The second-order valence-electron chi connectivity index (χ2n) is 8.84. The number of amides is 1. The van der Waals surface area contributed by atoms with Gasteiger partial charge in [0.25, 0.3) is 0 Å². The van der Waals surface area contributed by atoms with E-state index in [4.69, 9.17) is 9.47 Å². The molecule has 0 bridgehead atoms. The Bertz CT molecular complexity index is 1160. The van der Waals surface area contributed by atoms with Gasteiger partial charge in [-0.15, -0.1) is 21.5 Å². The Kier molecular flexibility index (Phi) is 8.96. The third-order valence-electron chi connectivity index (χ3n) is 5.32. The number of aryl methyl sites for hydroxylation is 1. The van der Waals surface area contributed by atoms with Crippen molar-refractivity contribution in [2.24, 2.45) is 0 Å². The number of esters is 1. The second-order valence-corrected chi connectivity index (χ2v) is 10.9. The highest BCUT2D eigenvalue weighted by molar-refractivity contribution is 7.99. The first-order chi connectivity index (χ1) is 16.7. The molecule has 8 nitrogen and oxygen atoms in total. The SMILES string of the molecule is CCc1cc(C(=O)OC)c(NC(=O)CSc2nnc(COc3ccc(C(C)(C)C)cc3)n2CC)s1. The van der Waals surface area contributed by atoms with E-state index in [0.29, 0.717) is 28.1 Å². The Morgan fingerprint density at radius 3 is 2.46 bits per heavy atom. The Morgan fingerprint density at radius 2 is 1.86 bits per heavy atom. The number of carbonyl (C=O) groups is 2. The van der Waals surface area contributed by atoms with Crippen LogP contribution in [0, 0.1) is 0 Å². The molecular formula is C25H32N4O4S2. The molecule has 2 heterocycles. The van der Waals surface area contributed by atoms with E-state index in [2.05, 4.69) is 48.4 Å². The van der Waals surface area contributed by atoms with Gasteiger partial charge < -0.3 is 19.4 Å². The van der Waals surface area contributed by atoms with Crippen LogP contribution in [0.2, 0.25) is 0 Å². The molecule has 0 fully saturated rings. The summed E-state index contributed by atoms with van der Waals surface area (Å²) >= 11 is 2.67. The van der Waals surface area contributed by atoms with E-state index in [9.17, 15) is 9.59 Å². The molecular weight excluding hydrogens is 484 g/mol. The third kappa shape index (κ3) is 6.85. The van der Waals surface area contributed by atoms with Crippen LogP contribution in [-0.2, 0) is 34.5 Å². The second kappa shape index (κ2) is 11.7. The third-order valence-corrected chi connectivity index (χ3v) is 7.48. The number of anilines is 1. The van der Waals surface area contributed by atoms with Gasteiger partial charge in [0, 0.05) is 11.4 Å². The molecule has 10 heteroatoms.